The number of benzene rings is 2. The van der Waals surface area contributed by atoms with Crippen LogP contribution in [0.2, 0.25) is 5.02 Å². The summed E-state index contributed by atoms with van der Waals surface area (Å²) in [5, 5.41) is 6.79. The van der Waals surface area contributed by atoms with Gasteiger partial charge in [0.1, 0.15) is 18.0 Å². The van der Waals surface area contributed by atoms with Crippen LogP contribution in [0.1, 0.15) is 5.69 Å². The molecule has 2 amide bonds. The molecule has 0 atom stereocenters. The maximum absolute atomic E-state index is 12.7. The zero-order valence-corrected chi connectivity index (χ0v) is 18.1. The monoisotopic (exact) mass is 443 g/mol. The average Bonchev–Trinajstić information content (AvgIpc) is 2.75. The number of aromatic nitrogens is 1. The lowest BCUT2D eigenvalue weighted by Crippen LogP contribution is -2.37. The van der Waals surface area contributed by atoms with E-state index in [4.69, 9.17) is 21.1 Å². The topological polar surface area (TPSA) is 98.7 Å². The quantitative estimate of drug-likeness (QED) is 0.585. The molecule has 9 heteroatoms. The number of methoxy groups -OCH3 is 2. The first-order chi connectivity index (χ1) is 14.8. The molecule has 3 aromatic rings. The number of pyridine rings is 1. The Balaban J connectivity index is 1.65. The fraction of sp³-hybridized carbons (Fsp3) is 0.227. The van der Waals surface area contributed by atoms with E-state index in [0.29, 0.717) is 33.3 Å². The number of hydrogen-bond acceptors (Lipinski definition) is 5. The molecule has 0 aliphatic heterocycles. The number of nitrogens with zero attached hydrogens (tertiary/aromatic N) is 1. The Morgan fingerprint density at radius 2 is 1.74 bits per heavy atom. The number of aryl methyl sites for hydroxylation is 1. The van der Waals surface area contributed by atoms with Gasteiger partial charge >= 0.3 is 0 Å². The summed E-state index contributed by atoms with van der Waals surface area (Å²) in [6.07, 6.45) is 0. The number of amides is 2. The number of nitrogens with one attached hydrogen (secondary N) is 2. The second-order valence-electron chi connectivity index (χ2n) is 6.78. The van der Waals surface area contributed by atoms with Crippen molar-refractivity contribution in [1.82, 2.24) is 9.88 Å². The van der Waals surface area contributed by atoms with E-state index in [2.05, 4.69) is 10.6 Å². The Morgan fingerprint density at radius 3 is 2.45 bits per heavy atom. The number of ether oxygens (including phenoxy) is 2. The molecule has 1 heterocycles. The lowest BCUT2D eigenvalue weighted by molar-refractivity contribution is -0.124. The number of hydrogen-bond donors (Lipinski definition) is 2. The van der Waals surface area contributed by atoms with Gasteiger partial charge in [-0.3, -0.25) is 14.4 Å². The SMILES string of the molecule is COc1cc(OC)c(NC(=O)CNC(=O)Cn2c(C)cc3ccccc3c2=O)cc1Cl. The van der Waals surface area contributed by atoms with Crippen molar-refractivity contribution < 1.29 is 19.1 Å². The van der Waals surface area contributed by atoms with Crippen molar-refractivity contribution >= 4 is 39.9 Å². The molecule has 0 saturated heterocycles. The second kappa shape index (κ2) is 9.53. The molecule has 162 valence electrons. The molecule has 0 aliphatic carbocycles. The standard InChI is InChI=1S/C22H22ClN3O5/c1-13-8-14-6-4-5-7-15(14)22(29)26(13)12-21(28)24-11-20(27)25-17-9-16(23)18(30-2)10-19(17)31-3/h4-10H,11-12H2,1-3H3,(H,24,28)(H,25,27). The van der Waals surface area contributed by atoms with Gasteiger partial charge in [0.2, 0.25) is 11.8 Å². The number of halogens is 1. The van der Waals surface area contributed by atoms with E-state index < -0.39 is 11.8 Å². The Bertz CT molecular complexity index is 1210. The molecule has 0 radical (unpaired) electrons. The average molecular weight is 444 g/mol. The predicted octanol–water partition coefficient (Wildman–Crippen LogP) is 2.74. The highest BCUT2D eigenvalue weighted by Gasteiger charge is 2.14. The van der Waals surface area contributed by atoms with Gasteiger partial charge in [0.25, 0.3) is 5.56 Å². The van der Waals surface area contributed by atoms with Crippen LogP contribution in [-0.2, 0) is 16.1 Å². The Morgan fingerprint density at radius 1 is 1.03 bits per heavy atom. The van der Waals surface area contributed by atoms with Crippen LogP contribution in [0.25, 0.3) is 10.8 Å². The van der Waals surface area contributed by atoms with Gasteiger partial charge in [-0.05, 0) is 30.5 Å². The van der Waals surface area contributed by atoms with Crippen LogP contribution in [0, 0.1) is 6.92 Å². The first-order valence-electron chi connectivity index (χ1n) is 9.41. The molecule has 0 fully saturated rings. The van der Waals surface area contributed by atoms with Crippen molar-refractivity contribution in [3.63, 3.8) is 0 Å². The van der Waals surface area contributed by atoms with Crippen LogP contribution in [0.5, 0.6) is 11.5 Å². The molecular weight excluding hydrogens is 422 g/mol. The predicted molar refractivity (Wildman–Crippen MR) is 119 cm³/mol. The zero-order chi connectivity index (χ0) is 22.5. The van der Waals surface area contributed by atoms with E-state index >= 15 is 0 Å². The van der Waals surface area contributed by atoms with Gasteiger partial charge in [-0.2, -0.15) is 0 Å². The molecule has 1 aromatic heterocycles. The summed E-state index contributed by atoms with van der Waals surface area (Å²) in [4.78, 5) is 37.3. The number of carbonyl (C=O) groups excluding carboxylic acids is 2. The van der Waals surface area contributed by atoms with Gasteiger partial charge < -0.3 is 24.7 Å². The summed E-state index contributed by atoms with van der Waals surface area (Å²) >= 11 is 6.10. The molecule has 2 N–H and O–H groups in total. The van der Waals surface area contributed by atoms with Crippen LogP contribution < -0.4 is 25.7 Å². The third kappa shape index (κ3) is 4.97. The van der Waals surface area contributed by atoms with Gasteiger partial charge in [-0.25, -0.2) is 0 Å². The summed E-state index contributed by atoms with van der Waals surface area (Å²) in [6.45, 7) is 1.28. The van der Waals surface area contributed by atoms with Gasteiger partial charge in [-0.1, -0.05) is 29.8 Å². The minimum absolute atomic E-state index is 0.194. The molecule has 0 unspecified atom stereocenters. The van der Waals surface area contributed by atoms with Crippen LogP contribution in [0.3, 0.4) is 0 Å². The summed E-state index contributed by atoms with van der Waals surface area (Å²) in [5.74, 6) is -0.175. The third-order valence-electron chi connectivity index (χ3n) is 4.72. The number of fused-ring (bicyclic) bond motifs is 1. The van der Waals surface area contributed by atoms with Gasteiger partial charge in [0.05, 0.1) is 31.5 Å². The normalized spacial score (nSPS) is 10.6. The van der Waals surface area contributed by atoms with E-state index in [9.17, 15) is 14.4 Å². The largest absolute Gasteiger partial charge is 0.495 e. The molecule has 31 heavy (non-hydrogen) atoms. The Kier molecular flexibility index (Phi) is 6.81. The first kappa shape index (κ1) is 22.2. The molecule has 0 saturated carbocycles. The van der Waals surface area contributed by atoms with Crippen molar-refractivity contribution in [3.05, 3.63) is 63.5 Å². The zero-order valence-electron chi connectivity index (χ0n) is 17.3. The van der Waals surface area contributed by atoms with Crippen molar-refractivity contribution in [3.8, 4) is 11.5 Å². The maximum Gasteiger partial charge on any atom is 0.259 e. The van der Waals surface area contributed by atoms with Crippen LogP contribution in [-0.4, -0.2) is 37.1 Å². The molecule has 0 spiro atoms. The summed E-state index contributed by atoms with van der Waals surface area (Å²) in [5.41, 5.74) is 0.739. The third-order valence-corrected chi connectivity index (χ3v) is 5.02. The lowest BCUT2D eigenvalue weighted by Gasteiger charge is -2.14. The summed E-state index contributed by atoms with van der Waals surface area (Å²) in [6, 6.07) is 12.1. The van der Waals surface area contributed by atoms with E-state index in [1.165, 1.54) is 24.9 Å². The van der Waals surface area contributed by atoms with Crippen molar-refractivity contribution in [2.24, 2.45) is 0 Å². The fourth-order valence-electron chi connectivity index (χ4n) is 3.15. The molecule has 8 nitrogen and oxygen atoms in total. The maximum atomic E-state index is 12.7. The Hall–Kier alpha value is -3.52. The fourth-order valence-corrected chi connectivity index (χ4v) is 3.39. The van der Waals surface area contributed by atoms with Crippen LogP contribution in [0.15, 0.2) is 47.3 Å². The van der Waals surface area contributed by atoms with E-state index in [1.807, 2.05) is 18.2 Å². The van der Waals surface area contributed by atoms with E-state index in [1.54, 1.807) is 25.1 Å². The highest BCUT2D eigenvalue weighted by molar-refractivity contribution is 6.32. The summed E-state index contributed by atoms with van der Waals surface area (Å²) in [7, 11) is 2.92. The molecule has 3 rings (SSSR count). The molecular formula is C22H22ClN3O5. The number of rotatable bonds is 7. The second-order valence-corrected chi connectivity index (χ2v) is 7.18. The summed E-state index contributed by atoms with van der Waals surface area (Å²) < 4.78 is 11.7. The molecule has 2 aromatic carbocycles. The molecule has 0 aliphatic rings. The number of carbonyl (C=O) groups is 2. The molecule has 0 bridgehead atoms. The first-order valence-corrected chi connectivity index (χ1v) is 9.79. The van der Waals surface area contributed by atoms with Crippen molar-refractivity contribution in [2.45, 2.75) is 13.5 Å². The number of anilines is 1. The minimum atomic E-state index is -0.476. The van der Waals surface area contributed by atoms with Crippen LogP contribution >= 0.6 is 11.6 Å². The van der Waals surface area contributed by atoms with Crippen molar-refractivity contribution in [2.75, 3.05) is 26.1 Å². The highest BCUT2D eigenvalue weighted by atomic mass is 35.5. The lowest BCUT2D eigenvalue weighted by atomic mass is 10.1. The highest BCUT2D eigenvalue weighted by Crippen LogP contribution is 2.35. The Labute approximate surface area is 183 Å². The van der Waals surface area contributed by atoms with Gasteiger partial charge in [0.15, 0.2) is 0 Å². The van der Waals surface area contributed by atoms with Crippen molar-refractivity contribution in [1.29, 1.82) is 0 Å². The smallest absolute Gasteiger partial charge is 0.259 e. The van der Waals surface area contributed by atoms with Gasteiger partial charge in [0, 0.05) is 17.1 Å². The van der Waals surface area contributed by atoms with E-state index in [-0.39, 0.29) is 18.6 Å². The van der Waals surface area contributed by atoms with Gasteiger partial charge in [-0.15, -0.1) is 0 Å². The van der Waals surface area contributed by atoms with Crippen LogP contribution in [0.4, 0.5) is 5.69 Å². The minimum Gasteiger partial charge on any atom is -0.495 e. The van der Waals surface area contributed by atoms with E-state index in [0.717, 1.165) is 5.39 Å².